The van der Waals surface area contributed by atoms with E-state index in [9.17, 15) is 4.79 Å². The third-order valence-corrected chi connectivity index (χ3v) is 5.65. The summed E-state index contributed by atoms with van der Waals surface area (Å²) in [7, 11) is 1.80. The van der Waals surface area contributed by atoms with E-state index in [-0.39, 0.29) is 17.6 Å². The molecule has 4 aromatic heterocycles. The van der Waals surface area contributed by atoms with Crippen LogP contribution in [0.1, 0.15) is 29.1 Å². The minimum atomic E-state index is -0.465. The molecule has 5 aromatic rings. The monoisotopic (exact) mass is 473 g/mol. The number of H-pyrrole nitrogens is 1. The molecule has 0 aliphatic heterocycles. The standard InChI is InChI=1S/C23H20ClN9O/c1-12(16-5-3-4-7-26-16)28-23(34)21-22(25)30-20(17-6-8-33(2)32-17)19(29-21)13-9-14-11-27-31-18(14)15(24)10-13/h3-12H,1-2H3,(H2,25,30)(H,27,31)(H,28,34)/t12-/m0/s1. The molecule has 11 heteroatoms. The van der Waals surface area contributed by atoms with Gasteiger partial charge in [-0.3, -0.25) is 19.6 Å². The first-order chi connectivity index (χ1) is 16.4. The van der Waals surface area contributed by atoms with E-state index in [4.69, 9.17) is 17.3 Å². The largest absolute Gasteiger partial charge is 0.382 e. The molecule has 1 aromatic carbocycles. The van der Waals surface area contributed by atoms with E-state index in [0.29, 0.717) is 38.9 Å². The molecule has 0 spiro atoms. The van der Waals surface area contributed by atoms with Crippen molar-refractivity contribution in [1.82, 2.24) is 40.2 Å². The highest BCUT2D eigenvalue weighted by atomic mass is 35.5. The summed E-state index contributed by atoms with van der Waals surface area (Å²) < 4.78 is 1.65. The maximum Gasteiger partial charge on any atom is 0.274 e. The number of fused-ring (bicyclic) bond motifs is 1. The van der Waals surface area contributed by atoms with E-state index in [1.807, 2.05) is 31.2 Å². The lowest BCUT2D eigenvalue weighted by molar-refractivity contribution is 0.0935. The van der Waals surface area contributed by atoms with Crippen LogP contribution in [-0.4, -0.2) is 40.8 Å². The van der Waals surface area contributed by atoms with Crippen molar-refractivity contribution < 1.29 is 4.79 Å². The van der Waals surface area contributed by atoms with E-state index < -0.39 is 5.91 Å². The zero-order valence-electron chi connectivity index (χ0n) is 18.3. The van der Waals surface area contributed by atoms with Gasteiger partial charge in [0.05, 0.1) is 34.2 Å². The Labute approximate surface area is 199 Å². The summed E-state index contributed by atoms with van der Waals surface area (Å²) in [5.74, 6) is -0.474. The third kappa shape index (κ3) is 3.95. The summed E-state index contributed by atoms with van der Waals surface area (Å²) in [6.45, 7) is 1.83. The number of anilines is 1. The van der Waals surface area contributed by atoms with Crippen LogP contribution in [0.25, 0.3) is 33.5 Å². The van der Waals surface area contributed by atoms with Crippen LogP contribution in [0.2, 0.25) is 5.02 Å². The second-order valence-electron chi connectivity index (χ2n) is 7.77. The van der Waals surface area contributed by atoms with Crippen molar-refractivity contribution in [2.75, 3.05) is 5.73 Å². The lowest BCUT2D eigenvalue weighted by atomic mass is 10.1. The van der Waals surface area contributed by atoms with Crippen LogP contribution >= 0.6 is 11.6 Å². The smallest absolute Gasteiger partial charge is 0.274 e. The van der Waals surface area contributed by atoms with Gasteiger partial charge in [0.2, 0.25) is 0 Å². The van der Waals surface area contributed by atoms with Crippen LogP contribution in [0.3, 0.4) is 0 Å². The number of carbonyl (C=O) groups is 1. The number of carbonyl (C=O) groups excluding carboxylic acids is 1. The Morgan fingerprint density at radius 1 is 1.21 bits per heavy atom. The van der Waals surface area contributed by atoms with Gasteiger partial charge in [0.1, 0.15) is 11.4 Å². The zero-order chi connectivity index (χ0) is 23.8. The Balaban J connectivity index is 1.62. The number of pyridine rings is 1. The summed E-state index contributed by atoms with van der Waals surface area (Å²) in [5, 5.41) is 15.5. The highest BCUT2D eigenvalue weighted by Crippen LogP contribution is 2.34. The second kappa shape index (κ2) is 8.56. The summed E-state index contributed by atoms with van der Waals surface area (Å²) in [5.41, 5.74) is 9.70. The lowest BCUT2D eigenvalue weighted by Gasteiger charge is -2.15. The van der Waals surface area contributed by atoms with Gasteiger partial charge in [0.15, 0.2) is 11.5 Å². The molecule has 0 aliphatic carbocycles. The van der Waals surface area contributed by atoms with Gasteiger partial charge >= 0.3 is 0 Å². The summed E-state index contributed by atoms with van der Waals surface area (Å²) in [6.07, 6.45) is 5.12. The molecule has 10 nitrogen and oxygen atoms in total. The lowest BCUT2D eigenvalue weighted by Crippen LogP contribution is -2.29. The maximum atomic E-state index is 13.1. The summed E-state index contributed by atoms with van der Waals surface area (Å²) in [6, 6.07) is 10.6. The molecule has 1 amide bonds. The van der Waals surface area contributed by atoms with Gasteiger partial charge in [0, 0.05) is 30.4 Å². The average molecular weight is 474 g/mol. The fourth-order valence-electron chi connectivity index (χ4n) is 3.66. The van der Waals surface area contributed by atoms with Gasteiger partial charge < -0.3 is 11.1 Å². The number of nitrogens with two attached hydrogens (primary N) is 1. The van der Waals surface area contributed by atoms with Crippen molar-refractivity contribution >= 4 is 34.2 Å². The van der Waals surface area contributed by atoms with Crippen LogP contribution in [-0.2, 0) is 7.05 Å². The fourth-order valence-corrected chi connectivity index (χ4v) is 3.93. The van der Waals surface area contributed by atoms with Crippen molar-refractivity contribution in [1.29, 1.82) is 0 Å². The molecule has 0 unspecified atom stereocenters. The molecule has 4 N–H and O–H groups in total. The predicted molar refractivity (Wildman–Crippen MR) is 129 cm³/mol. The summed E-state index contributed by atoms with van der Waals surface area (Å²) in [4.78, 5) is 26.6. The predicted octanol–water partition coefficient (Wildman–Crippen LogP) is 3.54. The first-order valence-electron chi connectivity index (χ1n) is 10.4. The number of aromatic nitrogens is 7. The molecule has 0 bridgehead atoms. The van der Waals surface area contributed by atoms with Crippen LogP contribution in [0.4, 0.5) is 5.82 Å². The minimum Gasteiger partial charge on any atom is -0.382 e. The van der Waals surface area contributed by atoms with Crippen molar-refractivity contribution in [2.45, 2.75) is 13.0 Å². The Morgan fingerprint density at radius 3 is 2.79 bits per heavy atom. The quantitative estimate of drug-likeness (QED) is 0.354. The van der Waals surface area contributed by atoms with Crippen LogP contribution in [0, 0.1) is 0 Å². The van der Waals surface area contributed by atoms with Crippen molar-refractivity contribution in [2.24, 2.45) is 7.05 Å². The Hall–Kier alpha value is -4.31. The number of nitrogens with zero attached hydrogens (tertiary/aromatic N) is 6. The van der Waals surface area contributed by atoms with E-state index in [1.165, 1.54) is 0 Å². The first-order valence-corrected chi connectivity index (χ1v) is 10.8. The SMILES string of the molecule is C[C@H](NC(=O)c1nc(-c2cc(Cl)c3[nH]ncc3c2)c(-c2ccn(C)n2)nc1N)c1ccccn1. The Morgan fingerprint density at radius 2 is 2.06 bits per heavy atom. The number of nitrogens with one attached hydrogen (secondary N) is 2. The number of hydrogen-bond donors (Lipinski definition) is 3. The normalized spacial score (nSPS) is 12.1. The molecule has 0 radical (unpaired) electrons. The highest BCUT2D eigenvalue weighted by molar-refractivity contribution is 6.35. The Kier molecular flexibility index (Phi) is 5.42. The topological polar surface area (TPSA) is 140 Å². The number of amides is 1. The number of halogens is 1. The second-order valence-corrected chi connectivity index (χ2v) is 8.18. The maximum absolute atomic E-state index is 13.1. The Bertz CT molecular complexity index is 1510. The molecular formula is C23H20ClN9O. The summed E-state index contributed by atoms with van der Waals surface area (Å²) >= 11 is 6.48. The number of nitrogen functional groups attached to an aromatic ring is 1. The molecule has 0 saturated carbocycles. The van der Waals surface area contributed by atoms with Gasteiger partial charge in [0.25, 0.3) is 5.91 Å². The van der Waals surface area contributed by atoms with Gasteiger partial charge in [-0.2, -0.15) is 10.2 Å². The number of benzene rings is 1. The third-order valence-electron chi connectivity index (χ3n) is 5.35. The number of aryl methyl sites for hydroxylation is 1. The van der Waals surface area contributed by atoms with Crippen molar-refractivity contribution in [3.05, 3.63) is 71.4 Å². The van der Waals surface area contributed by atoms with Gasteiger partial charge in [-0.1, -0.05) is 17.7 Å². The van der Waals surface area contributed by atoms with E-state index in [2.05, 4.69) is 35.6 Å². The molecule has 5 rings (SSSR count). The number of rotatable bonds is 5. The molecule has 0 fully saturated rings. The molecule has 34 heavy (non-hydrogen) atoms. The van der Waals surface area contributed by atoms with Gasteiger partial charge in [-0.05, 0) is 37.3 Å². The first kappa shape index (κ1) is 21.5. The van der Waals surface area contributed by atoms with Crippen LogP contribution in [0.15, 0.2) is 55.0 Å². The van der Waals surface area contributed by atoms with Crippen molar-refractivity contribution in [3.63, 3.8) is 0 Å². The molecule has 170 valence electrons. The molecule has 1 atom stereocenters. The zero-order valence-corrected chi connectivity index (χ0v) is 19.1. The van der Waals surface area contributed by atoms with E-state index in [1.54, 1.807) is 42.5 Å². The van der Waals surface area contributed by atoms with Gasteiger partial charge in [-0.25, -0.2) is 9.97 Å². The van der Waals surface area contributed by atoms with Crippen molar-refractivity contribution in [3.8, 4) is 22.6 Å². The molecule has 0 saturated heterocycles. The van der Waals surface area contributed by atoms with Crippen LogP contribution < -0.4 is 11.1 Å². The fraction of sp³-hybridized carbons (Fsp3) is 0.130. The molecule has 4 heterocycles. The molecular weight excluding hydrogens is 454 g/mol. The van der Waals surface area contributed by atoms with E-state index in [0.717, 1.165) is 5.39 Å². The number of hydrogen-bond acceptors (Lipinski definition) is 7. The number of aromatic amines is 1. The molecule has 0 aliphatic rings. The van der Waals surface area contributed by atoms with Gasteiger partial charge in [-0.15, -0.1) is 0 Å². The van der Waals surface area contributed by atoms with E-state index >= 15 is 0 Å². The average Bonchev–Trinajstić information content (AvgIpc) is 3.48. The van der Waals surface area contributed by atoms with Crippen LogP contribution in [0.5, 0.6) is 0 Å². The minimum absolute atomic E-state index is 0.000810. The highest BCUT2D eigenvalue weighted by Gasteiger charge is 2.23.